The molecule has 0 aliphatic heterocycles. The molecule has 5 nitrogen and oxygen atoms in total. The molecule has 3 aromatic carbocycles. The van der Waals surface area contributed by atoms with E-state index in [1.165, 1.54) is 4.42 Å². The fourth-order valence-corrected chi connectivity index (χ4v) is 3.56. The van der Waals surface area contributed by atoms with Gasteiger partial charge in [-0.1, -0.05) is 42.5 Å². The standard InChI is InChI=1S/C25H24ClNO4/c1-17-14-20(16-23(28)29)15-18(2)24(17)31-22-10-8-21(9-11-22)25(30)27(26)13-12-19-6-4-3-5-7-19/h3-11,14-15H,12-13,16H2,1-2H3,(H,28,29). The number of hydrogen-bond donors (Lipinski definition) is 1. The summed E-state index contributed by atoms with van der Waals surface area (Å²) in [6.07, 6.45) is 0.645. The van der Waals surface area contributed by atoms with Gasteiger partial charge in [0.25, 0.3) is 5.91 Å². The lowest BCUT2D eigenvalue weighted by atomic mass is 10.0. The average molecular weight is 438 g/mol. The smallest absolute Gasteiger partial charge is 0.307 e. The van der Waals surface area contributed by atoms with Crippen LogP contribution in [0.5, 0.6) is 11.5 Å². The first-order valence-corrected chi connectivity index (χ1v) is 10.3. The van der Waals surface area contributed by atoms with E-state index in [-0.39, 0.29) is 12.3 Å². The van der Waals surface area contributed by atoms with E-state index < -0.39 is 5.97 Å². The molecule has 1 amide bonds. The van der Waals surface area contributed by atoms with Crippen LogP contribution >= 0.6 is 11.8 Å². The molecular weight excluding hydrogens is 414 g/mol. The Morgan fingerprint density at radius 3 is 2.13 bits per heavy atom. The Morgan fingerprint density at radius 1 is 0.935 bits per heavy atom. The van der Waals surface area contributed by atoms with Crippen molar-refractivity contribution in [2.75, 3.05) is 6.54 Å². The van der Waals surface area contributed by atoms with Crippen molar-refractivity contribution in [2.45, 2.75) is 26.7 Å². The van der Waals surface area contributed by atoms with Crippen LogP contribution in [-0.2, 0) is 17.6 Å². The highest BCUT2D eigenvalue weighted by Crippen LogP contribution is 2.30. The molecule has 160 valence electrons. The zero-order chi connectivity index (χ0) is 22.4. The number of benzene rings is 3. The van der Waals surface area contributed by atoms with Gasteiger partial charge in [0.1, 0.15) is 11.5 Å². The molecule has 0 fully saturated rings. The summed E-state index contributed by atoms with van der Waals surface area (Å²) in [5, 5.41) is 8.98. The maximum absolute atomic E-state index is 12.6. The highest BCUT2D eigenvalue weighted by atomic mass is 35.5. The van der Waals surface area contributed by atoms with Crippen molar-refractivity contribution in [1.29, 1.82) is 0 Å². The number of halogens is 1. The molecule has 0 aliphatic rings. The lowest BCUT2D eigenvalue weighted by molar-refractivity contribution is -0.136. The zero-order valence-corrected chi connectivity index (χ0v) is 18.2. The number of amides is 1. The number of carbonyl (C=O) groups is 2. The first-order chi connectivity index (χ1) is 14.8. The minimum Gasteiger partial charge on any atom is -0.481 e. The number of rotatable bonds is 8. The Hall–Kier alpha value is -3.31. The first-order valence-electron chi connectivity index (χ1n) is 9.95. The van der Waals surface area contributed by atoms with Crippen LogP contribution in [-0.4, -0.2) is 27.9 Å². The predicted octanol–water partition coefficient (Wildman–Crippen LogP) is 5.56. The topological polar surface area (TPSA) is 66.8 Å². The third-order valence-electron chi connectivity index (χ3n) is 4.86. The third kappa shape index (κ3) is 6.09. The maximum atomic E-state index is 12.6. The Kier molecular flexibility index (Phi) is 7.32. The van der Waals surface area contributed by atoms with Gasteiger partial charge in [-0.2, -0.15) is 0 Å². The van der Waals surface area contributed by atoms with Crippen molar-refractivity contribution < 1.29 is 19.4 Å². The number of carboxylic acid groups (broad SMARTS) is 1. The normalized spacial score (nSPS) is 10.5. The molecule has 3 aromatic rings. The largest absolute Gasteiger partial charge is 0.481 e. The molecule has 0 atom stereocenters. The van der Waals surface area contributed by atoms with Crippen molar-refractivity contribution in [3.63, 3.8) is 0 Å². The number of aryl methyl sites for hydroxylation is 2. The third-order valence-corrected chi connectivity index (χ3v) is 5.18. The SMILES string of the molecule is Cc1cc(CC(=O)O)cc(C)c1Oc1ccc(C(=O)N(Cl)CCc2ccccc2)cc1. The molecule has 1 N–H and O–H groups in total. The second-order valence-corrected chi connectivity index (χ2v) is 7.79. The van der Waals surface area contributed by atoms with E-state index in [4.69, 9.17) is 21.6 Å². The number of nitrogens with zero attached hydrogens (tertiary/aromatic N) is 1. The average Bonchev–Trinajstić information content (AvgIpc) is 2.75. The van der Waals surface area contributed by atoms with Crippen LogP contribution in [0.3, 0.4) is 0 Å². The number of ether oxygens (including phenoxy) is 1. The van der Waals surface area contributed by atoms with E-state index in [2.05, 4.69) is 0 Å². The molecule has 0 heterocycles. The summed E-state index contributed by atoms with van der Waals surface area (Å²) >= 11 is 6.19. The van der Waals surface area contributed by atoms with E-state index in [1.54, 1.807) is 24.3 Å². The molecule has 0 aliphatic carbocycles. The van der Waals surface area contributed by atoms with Crippen molar-refractivity contribution in [3.8, 4) is 11.5 Å². The van der Waals surface area contributed by atoms with Gasteiger partial charge in [-0.15, -0.1) is 0 Å². The summed E-state index contributed by atoms with van der Waals surface area (Å²) in [4.78, 5) is 23.5. The van der Waals surface area contributed by atoms with Gasteiger partial charge in [0.2, 0.25) is 0 Å². The summed E-state index contributed by atoms with van der Waals surface area (Å²) in [6, 6.07) is 20.3. The van der Waals surface area contributed by atoms with Crippen molar-refractivity contribution >= 4 is 23.7 Å². The van der Waals surface area contributed by atoms with Crippen LogP contribution in [0.2, 0.25) is 0 Å². The first kappa shape index (κ1) is 22.4. The maximum Gasteiger partial charge on any atom is 0.307 e. The van der Waals surface area contributed by atoms with E-state index in [0.717, 1.165) is 22.3 Å². The van der Waals surface area contributed by atoms with E-state index in [0.29, 0.717) is 30.0 Å². The van der Waals surface area contributed by atoms with Crippen LogP contribution in [0.15, 0.2) is 66.7 Å². The van der Waals surface area contributed by atoms with Crippen LogP contribution in [0.25, 0.3) is 0 Å². The van der Waals surface area contributed by atoms with Gasteiger partial charge in [0.05, 0.1) is 6.42 Å². The molecular formula is C25H24ClNO4. The van der Waals surface area contributed by atoms with Gasteiger partial charge in [-0.3, -0.25) is 14.0 Å². The molecule has 31 heavy (non-hydrogen) atoms. The Labute approximate surface area is 187 Å². The van der Waals surface area contributed by atoms with E-state index in [9.17, 15) is 9.59 Å². The molecule has 3 rings (SSSR count). The predicted molar refractivity (Wildman–Crippen MR) is 121 cm³/mol. The Morgan fingerprint density at radius 2 is 1.55 bits per heavy atom. The lowest BCUT2D eigenvalue weighted by Crippen LogP contribution is -2.23. The Bertz CT molecular complexity index is 1040. The van der Waals surface area contributed by atoms with Crippen molar-refractivity contribution in [3.05, 3.63) is 94.5 Å². The van der Waals surface area contributed by atoms with Gasteiger partial charge >= 0.3 is 5.97 Å². The molecule has 0 saturated carbocycles. The fraction of sp³-hybridized carbons (Fsp3) is 0.200. The molecule has 0 saturated heterocycles. The number of carboxylic acids is 1. The van der Waals surface area contributed by atoms with Gasteiger partial charge in [-0.05, 0) is 66.8 Å². The molecule has 0 spiro atoms. The van der Waals surface area contributed by atoms with Gasteiger partial charge < -0.3 is 9.84 Å². The highest BCUT2D eigenvalue weighted by molar-refractivity contribution is 6.24. The van der Waals surface area contributed by atoms with Gasteiger partial charge in [-0.25, -0.2) is 0 Å². The fourth-order valence-electron chi connectivity index (χ4n) is 3.37. The second kappa shape index (κ2) is 10.1. The zero-order valence-electron chi connectivity index (χ0n) is 17.5. The summed E-state index contributed by atoms with van der Waals surface area (Å²) in [7, 11) is 0. The lowest BCUT2D eigenvalue weighted by Gasteiger charge is -2.15. The summed E-state index contributed by atoms with van der Waals surface area (Å²) in [5.41, 5.74) is 4.02. The van der Waals surface area contributed by atoms with Crippen LogP contribution in [0, 0.1) is 13.8 Å². The van der Waals surface area contributed by atoms with Crippen LogP contribution in [0.1, 0.15) is 32.6 Å². The van der Waals surface area contributed by atoms with Gasteiger partial charge in [0, 0.05) is 23.9 Å². The monoisotopic (exact) mass is 437 g/mol. The van der Waals surface area contributed by atoms with Crippen LogP contribution < -0.4 is 4.74 Å². The van der Waals surface area contributed by atoms with Crippen molar-refractivity contribution in [1.82, 2.24) is 4.42 Å². The Balaban J connectivity index is 1.64. The molecule has 0 radical (unpaired) electrons. The van der Waals surface area contributed by atoms with E-state index in [1.807, 2.05) is 56.3 Å². The van der Waals surface area contributed by atoms with Crippen LogP contribution in [0.4, 0.5) is 0 Å². The second-order valence-electron chi connectivity index (χ2n) is 7.38. The summed E-state index contributed by atoms with van der Waals surface area (Å²) in [6.45, 7) is 4.16. The summed E-state index contributed by atoms with van der Waals surface area (Å²) < 4.78 is 7.19. The molecule has 0 aromatic heterocycles. The van der Waals surface area contributed by atoms with Crippen molar-refractivity contribution in [2.24, 2.45) is 0 Å². The van der Waals surface area contributed by atoms with Gasteiger partial charge in [0.15, 0.2) is 0 Å². The molecule has 0 unspecified atom stereocenters. The highest BCUT2D eigenvalue weighted by Gasteiger charge is 2.15. The van der Waals surface area contributed by atoms with E-state index >= 15 is 0 Å². The molecule has 6 heteroatoms. The molecule has 0 bridgehead atoms. The number of carbonyl (C=O) groups excluding carboxylic acids is 1. The minimum atomic E-state index is -0.871. The quantitative estimate of drug-likeness (QED) is 0.468. The summed E-state index contributed by atoms with van der Waals surface area (Å²) in [5.74, 6) is 0.119. The number of hydrogen-bond acceptors (Lipinski definition) is 3. The minimum absolute atomic E-state index is 0.0298. The number of aliphatic carboxylic acids is 1.